The summed E-state index contributed by atoms with van der Waals surface area (Å²) >= 11 is 0. The van der Waals surface area contributed by atoms with Gasteiger partial charge in [0.15, 0.2) is 0 Å². The number of benzene rings is 2. The van der Waals surface area contributed by atoms with Gasteiger partial charge >= 0.3 is 0 Å². The zero-order chi connectivity index (χ0) is 29.8. The molecule has 222 valence electrons. The largest absolute Gasteiger partial charge is 0.457 e. The summed E-state index contributed by atoms with van der Waals surface area (Å²) in [5.74, 6) is -1.68. The van der Waals surface area contributed by atoms with E-state index in [0.717, 1.165) is 12.8 Å². The van der Waals surface area contributed by atoms with Gasteiger partial charge in [0.1, 0.15) is 18.1 Å². The van der Waals surface area contributed by atoms with Gasteiger partial charge in [-0.25, -0.2) is 4.90 Å². The second kappa shape index (κ2) is 13.0. The molecule has 0 unspecified atom stereocenters. The number of rotatable bonds is 9. The average Bonchev–Trinajstić information content (AvgIpc) is 3.23. The lowest BCUT2D eigenvalue weighted by Gasteiger charge is -2.45. The Kier molecular flexibility index (Phi) is 9.24. The Morgan fingerprint density at radius 3 is 2.45 bits per heavy atom. The summed E-state index contributed by atoms with van der Waals surface area (Å²) in [5.41, 5.74) is 3.57. The van der Waals surface area contributed by atoms with Crippen molar-refractivity contribution in [1.82, 2.24) is 0 Å². The van der Waals surface area contributed by atoms with Crippen LogP contribution in [-0.4, -0.2) is 46.6 Å². The van der Waals surface area contributed by atoms with Gasteiger partial charge in [-0.3, -0.25) is 9.59 Å². The van der Waals surface area contributed by atoms with E-state index in [4.69, 9.17) is 9.57 Å². The summed E-state index contributed by atoms with van der Waals surface area (Å²) in [5, 5.41) is 26.3. The van der Waals surface area contributed by atoms with Gasteiger partial charge in [0, 0.05) is 24.3 Å². The predicted molar refractivity (Wildman–Crippen MR) is 161 cm³/mol. The third-order valence-electron chi connectivity index (χ3n) is 8.61. The number of carbonyl (C=O) groups is 2. The molecule has 0 aromatic heterocycles. The molecule has 2 aromatic carbocycles. The van der Waals surface area contributed by atoms with Gasteiger partial charge in [0.25, 0.3) is 0 Å². The molecule has 0 bridgehead atoms. The number of allylic oxidation sites excluding steroid dienone is 3. The molecule has 2 saturated carbocycles. The Morgan fingerprint density at radius 2 is 1.69 bits per heavy atom. The fourth-order valence-electron chi connectivity index (χ4n) is 6.53. The number of ether oxygens (including phenoxy) is 1. The van der Waals surface area contributed by atoms with E-state index < -0.39 is 30.0 Å². The molecule has 2 amide bonds. The summed E-state index contributed by atoms with van der Waals surface area (Å²) in [7, 11) is 0. The van der Waals surface area contributed by atoms with E-state index in [1.165, 1.54) is 16.0 Å². The molecule has 2 aromatic rings. The number of hydrogen-bond donors (Lipinski definition) is 2. The summed E-state index contributed by atoms with van der Waals surface area (Å²) < 4.78 is 5.93. The van der Waals surface area contributed by atoms with E-state index in [2.05, 4.69) is 32.0 Å². The molecule has 1 heterocycles. The van der Waals surface area contributed by atoms with Crippen LogP contribution >= 0.6 is 0 Å². The first-order chi connectivity index (χ1) is 20.2. The smallest absolute Gasteiger partial charge is 0.238 e. The molecule has 2 N–H and O–H groups in total. The summed E-state index contributed by atoms with van der Waals surface area (Å²) in [6.07, 6.45) is 5.15. The van der Waals surface area contributed by atoms with Crippen LogP contribution in [0.2, 0.25) is 0 Å². The van der Waals surface area contributed by atoms with E-state index in [-0.39, 0.29) is 24.2 Å². The van der Waals surface area contributed by atoms with Gasteiger partial charge in [0.2, 0.25) is 11.8 Å². The maximum atomic E-state index is 13.9. The van der Waals surface area contributed by atoms with Gasteiger partial charge in [-0.05, 0) is 76.8 Å². The standard InChI is InChI=1S/C34H40N2O6/c1-21(2)9-7-10-22(3)17-18-41-35-28-20-29(37)32(38)30-26(28)15-16-27-31(30)34(40)36(33(27)39)23-11-8-14-25(19-23)42-24-12-5-4-6-13-24/h4-6,8-9,11-14,17,19,26-27,29-32,37-38H,7,10,15-16,18,20H2,1-3H3/t26-,27-,29-,30+,31+,32-/m1/s1. The van der Waals surface area contributed by atoms with E-state index in [1.807, 2.05) is 36.4 Å². The van der Waals surface area contributed by atoms with Crippen molar-refractivity contribution in [2.24, 2.45) is 28.8 Å². The van der Waals surface area contributed by atoms with Crippen LogP contribution in [0.5, 0.6) is 11.5 Å². The van der Waals surface area contributed by atoms with Crippen molar-refractivity contribution in [2.75, 3.05) is 11.5 Å². The number of anilines is 1. The number of aliphatic hydroxyl groups is 2. The monoisotopic (exact) mass is 572 g/mol. The highest BCUT2D eigenvalue weighted by Gasteiger charge is 2.60. The molecule has 1 aliphatic heterocycles. The summed E-state index contributed by atoms with van der Waals surface area (Å²) in [6, 6.07) is 16.2. The Morgan fingerprint density at radius 1 is 0.952 bits per heavy atom. The van der Waals surface area contributed by atoms with E-state index in [0.29, 0.717) is 42.3 Å². The van der Waals surface area contributed by atoms with Crippen molar-refractivity contribution < 1.29 is 29.4 Å². The number of hydrogen-bond acceptors (Lipinski definition) is 7. The number of imide groups is 1. The second-order valence-corrected chi connectivity index (χ2v) is 11.8. The van der Waals surface area contributed by atoms with Crippen molar-refractivity contribution in [2.45, 2.75) is 65.1 Å². The number of nitrogens with zero attached hydrogens (tertiary/aromatic N) is 2. The zero-order valence-electron chi connectivity index (χ0n) is 24.5. The molecule has 8 nitrogen and oxygen atoms in total. The molecular formula is C34H40N2O6. The Labute approximate surface area is 247 Å². The Bertz CT molecular complexity index is 1380. The Balaban J connectivity index is 1.31. The zero-order valence-corrected chi connectivity index (χ0v) is 24.5. The maximum Gasteiger partial charge on any atom is 0.238 e. The third-order valence-corrected chi connectivity index (χ3v) is 8.61. The van der Waals surface area contributed by atoms with Gasteiger partial charge in [-0.15, -0.1) is 0 Å². The quantitative estimate of drug-likeness (QED) is 0.170. The first kappa shape index (κ1) is 29.7. The van der Waals surface area contributed by atoms with Crippen LogP contribution in [0.1, 0.15) is 52.9 Å². The highest BCUT2D eigenvalue weighted by Crippen LogP contribution is 2.50. The van der Waals surface area contributed by atoms with Gasteiger partial charge in [0.05, 0.1) is 35.4 Å². The summed E-state index contributed by atoms with van der Waals surface area (Å²) in [4.78, 5) is 34.4. The molecule has 3 fully saturated rings. The number of para-hydroxylation sites is 1. The lowest BCUT2D eigenvalue weighted by Crippen LogP contribution is -2.54. The molecule has 0 radical (unpaired) electrons. The molecule has 5 rings (SSSR count). The second-order valence-electron chi connectivity index (χ2n) is 11.8. The molecule has 6 atom stereocenters. The van der Waals surface area contributed by atoms with Crippen LogP contribution < -0.4 is 9.64 Å². The third kappa shape index (κ3) is 6.35. The van der Waals surface area contributed by atoms with Crippen LogP contribution in [0.25, 0.3) is 0 Å². The number of fused-ring (bicyclic) bond motifs is 3. The van der Waals surface area contributed by atoms with E-state index >= 15 is 0 Å². The Hall–Kier alpha value is -3.75. The van der Waals surface area contributed by atoms with E-state index in [1.54, 1.807) is 24.3 Å². The topological polar surface area (TPSA) is 109 Å². The number of oxime groups is 1. The first-order valence-corrected chi connectivity index (χ1v) is 14.8. The molecule has 1 saturated heterocycles. The predicted octanol–water partition coefficient (Wildman–Crippen LogP) is 5.80. The normalized spacial score (nSPS) is 28.4. The van der Waals surface area contributed by atoms with Crippen molar-refractivity contribution in [1.29, 1.82) is 0 Å². The minimum atomic E-state index is -1.14. The van der Waals surface area contributed by atoms with Crippen LogP contribution in [-0.2, 0) is 14.4 Å². The lowest BCUT2D eigenvalue weighted by molar-refractivity contribution is -0.132. The molecule has 42 heavy (non-hydrogen) atoms. The fraction of sp³-hybridized carbons (Fsp3) is 0.441. The fourth-order valence-corrected chi connectivity index (χ4v) is 6.53. The summed E-state index contributed by atoms with van der Waals surface area (Å²) in [6.45, 7) is 6.53. The molecule has 3 aliphatic rings. The van der Waals surface area contributed by atoms with E-state index in [9.17, 15) is 19.8 Å². The van der Waals surface area contributed by atoms with Gasteiger partial charge in [-0.2, -0.15) is 0 Å². The molecule has 8 heteroatoms. The lowest BCUT2D eigenvalue weighted by atomic mass is 9.60. The molecule has 2 aliphatic carbocycles. The van der Waals surface area contributed by atoms with Crippen LogP contribution in [0.4, 0.5) is 5.69 Å². The first-order valence-electron chi connectivity index (χ1n) is 14.8. The van der Waals surface area contributed by atoms with Crippen LogP contribution in [0.15, 0.2) is 83.1 Å². The van der Waals surface area contributed by atoms with Gasteiger partial charge in [-0.1, -0.05) is 46.6 Å². The highest BCUT2D eigenvalue weighted by molar-refractivity contribution is 6.22. The van der Waals surface area contributed by atoms with Crippen molar-refractivity contribution >= 4 is 23.2 Å². The SMILES string of the molecule is CC(C)=CCCC(C)=CCON=C1C[C@@H](O)[C@@H](O)[C@@H]2[C@H]3C(=O)N(c4cccc(Oc5ccccc5)c4)C(=O)[C@@H]3CC[C@H]12. The van der Waals surface area contributed by atoms with Crippen molar-refractivity contribution in [3.05, 3.63) is 77.9 Å². The van der Waals surface area contributed by atoms with Crippen molar-refractivity contribution in [3.63, 3.8) is 0 Å². The molecule has 0 spiro atoms. The minimum Gasteiger partial charge on any atom is -0.457 e. The van der Waals surface area contributed by atoms with Gasteiger partial charge < -0.3 is 19.8 Å². The average molecular weight is 573 g/mol. The highest BCUT2D eigenvalue weighted by atomic mass is 16.6. The van der Waals surface area contributed by atoms with Crippen LogP contribution in [0, 0.1) is 23.7 Å². The maximum absolute atomic E-state index is 13.9. The molecular weight excluding hydrogens is 532 g/mol. The number of carbonyl (C=O) groups excluding carboxylic acids is 2. The number of amides is 2. The van der Waals surface area contributed by atoms with Crippen LogP contribution in [0.3, 0.4) is 0 Å². The minimum absolute atomic E-state index is 0.174. The van der Waals surface area contributed by atoms with Crippen molar-refractivity contribution in [3.8, 4) is 11.5 Å². The number of aliphatic hydroxyl groups excluding tert-OH is 2.